The van der Waals surface area contributed by atoms with E-state index in [9.17, 15) is 4.79 Å². The number of rotatable bonds is 7. The Morgan fingerprint density at radius 1 is 1.08 bits per heavy atom. The Balaban J connectivity index is 1.23. The van der Waals surface area contributed by atoms with Gasteiger partial charge in [-0.2, -0.15) is 0 Å². The zero-order valence-electron chi connectivity index (χ0n) is 22.0. The number of imidazole rings is 1. The maximum absolute atomic E-state index is 13.0. The van der Waals surface area contributed by atoms with Crippen LogP contribution >= 0.6 is 0 Å². The van der Waals surface area contributed by atoms with Gasteiger partial charge in [-0.1, -0.05) is 6.08 Å². The van der Waals surface area contributed by atoms with E-state index in [1.165, 1.54) is 6.33 Å². The van der Waals surface area contributed by atoms with E-state index < -0.39 is 0 Å². The first-order valence-corrected chi connectivity index (χ1v) is 12.7. The number of fused-ring (bicyclic) bond motifs is 2. The number of aryl methyl sites for hydroxylation is 1. The van der Waals surface area contributed by atoms with Gasteiger partial charge in [0.25, 0.3) is 5.91 Å². The van der Waals surface area contributed by atoms with E-state index >= 15 is 0 Å². The molecule has 1 amide bonds. The molecule has 0 atom stereocenters. The van der Waals surface area contributed by atoms with Gasteiger partial charge in [-0.3, -0.25) is 9.69 Å². The summed E-state index contributed by atoms with van der Waals surface area (Å²) in [6, 6.07) is 13.4. The molecule has 6 rings (SSSR count). The number of benzene rings is 1. The number of likely N-dealkylation sites (N-methyl/N-ethyl adjacent to an activating group) is 1. The number of carbonyl (C=O) groups excluding carboxylic acids is 1. The van der Waals surface area contributed by atoms with Gasteiger partial charge in [-0.05, 0) is 69.4 Å². The summed E-state index contributed by atoms with van der Waals surface area (Å²) in [4.78, 5) is 34.7. The van der Waals surface area contributed by atoms with Crippen LogP contribution in [0.15, 0.2) is 79.0 Å². The second kappa shape index (κ2) is 10.1. The second-order valence-electron chi connectivity index (χ2n) is 9.72. The number of carbonyl (C=O) groups is 1. The topological polar surface area (TPSA) is 101 Å². The molecule has 1 aliphatic heterocycles. The predicted octanol–water partition coefficient (Wildman–Crippen LogP) is 4.74. The highest BCUT2D eigenvalue weighted by Crippen LogP contribution is 2.31. The summed E-state index contributed by atoms with van der Waals surface area (Å²) in [6.07, 6.45) is 9.76. The maximum Gasteiger partial charge on any atom is 0.255 e. The van der Waals surface area contributed by atoms with Crippen LogP contribution in [0.25, 0.3) is 16.7 Å². The molecule has 0 unspecified atom stereocenters. The molecule has 10 nitrogen and oxygen atoms in total. The van der Waals surface area contributed by atoms with E-state index in [1.54, 1.807) is 11.1 Å². The van der Waals surface area contributed by atoms with Crippen molar-refractivity contribution in [1.82, 2.24) is 29.2 Å². The number of nitrogens with one attached hydrogen (secondary N) is 1. The molecule has 0 aliphatic carbocycles. The number of amides is 1. The lowest BCUT2D eigenvalue weighted by Crippen LogP contribution is -2.25. The lowest BCUT2D eigenvalue weighted by atomic mass is 10.2. The normalized spacial score (nSPS) is 14.7. The Morgan fingerprint density at radius 2 is 1.97 bits per heavy atom. The van der Waals surface area contributed by atoms with Gasteiger partial charge in [0.15, 0.2) is 5.82 Å². The van der Waals surface area contributed by atoms with Crippen molar-refractivity contribution in [3.05, 3.63) is 84.6 Å². The number of ether oxygens (including phenoxy) is 1. The van der Waals surface area contributed by atoms with Crippen LogP contribution in [0.2, 0.25) is 0 Å². The van der Waals surface area contributed by atoms with Crippen molar-refractivity contribution in [3.8, 4) is 11.5 Å². The number of hydrogen-bond donors (Lipinski definition) is 1. The number of aromatic nitrogens is 5. The smallest absolute Gasteiger partial charge is 0.255 e. The molecule has 1 fully saturated rings. The fraction of sp³-hybridized carbons (Fsp3) is 0.207. The van der Waals surface area contributed by atoms with Gasteiger partial charge in [0.05, 0.1) is 5.52 Å². The first kappa shape index (κ1) is 24.5. The molecule has 196 valence electrons. The van der Waals surface area contributed by atoms with E-state index in [1.807, 2.05) is 91.3 Å². The minimum atomic E-state index is -0.00632. The summed E-state index contributed by atoms with van der Waals surface area (Å²) in [5, 5.41) is 3.37. The van der Waals surface area contributed by atoms with Gasteiger partial charge >= 0.3 is 0 Å². The second-order valence-corrected chi connectivity index (χ2v) is 9.72. The molecule has 1 aliphatic rings. The Labute approximate surface area is 225 Å². The fourth-order valence-corrected chi connectivity index (χ4v) is 4.55. The molecule has 0 spiro atoms. The molecular weight excluding hydrogens is 492 g/mol. The summed E-state index contributed by atoms with van der Waals surface area (Å²) in [7, 11) is 3.97. The summed E-state index contributed by atoms with van der Waals surface area (Å²) in [6.45, 7) is 3.31. The van der Waals surface area contributed by atoms with Gasteiger partial charge in [0.1, 0.15) is 34.8 Å². The highest BCUT2D eigenvalue weighted by atomic mass is 16.5. The van der Waals surface area contributed by atoms with Crippen LogP contribution in [0.1, 0.15) is 12.0 Å². The van der Waals surface area contributed by atoms with Crippen LogP contribution in [-0.2, 0) is 4.79 Å². The summed E-state index contributed by atoms with van der Waals surface area (Å²) < 4.78 is 8.05. The van der Waals surface area contributed by atoms with Gasteiger partial charge in [0, 0.05) is 49.0 Å². The zero-order chi connectivity index (χ0) is 26.9. The molecule has 0 bridgehead atoms. The molecule has 1 N–H and O–H groups in total. The van der Waals surface area contributed by atoms with Crippen LogP contribution in [-0.4, -0.2) is 62.3 Å². The van der Waals surface area contributed by atoms with E-state index in [4.69, 9.17) is 9.72 Å². The third-order valence-electron chi connectivity index (χ3n) is 6.61. The van der Waals surface area contributed by atoms with E-state index in [0.29, 0.717) is 41.4 Å². The summed E-state index contributed by atoms with van der Waals surface area (Å²) >= 11 is 0. The van der Waals surface area contributed by atoms with Crippen LogP contribution in [0.5, 0.6) is 11.5 Å². The first-order valence-electron chi connectivity index (χ1n) is 12.7. The molecule has 5 heterocycles. The average Bonchev–Trinajstić information content (AvgIpc) is 3.55. The molecule has 1 saturated heterocycles. The van der Waals surface area contributed by atoms with Gasteiger partial charge in [-0.15, -0.1) is 0 Å². The van der Waals surface area contributed by atoms with Crippen molar-refractivity contribution in [3.63, 3.8) is 0 Å². The maximum atomic E-state index is 13.0. The lowest BCUT2D eigenvalue weighted by Gasteiger charge is -2.16. The number of hydrogen-bond acceptors (Lipinski definition) is 8. The van der Waals surface area contributed by atoms with E-state index in [2.05, 4.69) is 20.3 Å². The molecule has 0 saturated carbocycles. The van der Waals surface area contributed by atoms with Crippen molar-refractivity contribution in [2.45, 2.75) is 13.3 Å². The van der Waals surface area contributed by atoms with Crippen molar-refractivity contribution < 1.29 is 9.53 Å². The minimum Gasteiger partial charge on any atom is -0.457 e. The quantitative estimate of drug-likeness (QED) is 0.307. The molecule has 1 aromatic carbocycles. The SMILES string of the molecule is Cc1cc(Nc2ncnc3ccc(N4CC/C(=C\CN(C)C)C4=O)nc23)ccc1Oc1ccn2ccnc2c1. The number of pyridine rings is 2. The highest BCUT2D eigenvalue weighted by molar-refractivity contribution is 6.08. The van der Waals surface area contributed by atoms with Crippen molar-refractivity contribution in [2.24, 2.45) is 0 Å². The minimum absolute atomic E-state index is 0.00632. The van der Waals surface area contributed by atoms with E-state index in [0.717, 1.165) is 34.8 Å². The number of anilines is 3. The fourth-order valence-electron chi connectivity index (χ4n) is 4.55. The van der Waals surface area contributed by atoms with Crippen molar-refractivity contribution in [2.75, 3.05) is 37.4 Å². The van der Waals surface area contributed by atoms with Crippen molar-refractivity contribution >= 4 is 39.9 Å². The highest BCUT2D eigenvalue weighted by Gasteiger charge is 2.28. The van der Waals surface area contributed by atoms with Gasteiger partial charge in [-0.25, -0.2) is 19.9 Å². The Morgan fingerprint density at radius 3 is 2.82 bits per heavy atom. The van der Waals surface area contributed by atoms with Gasteiger partial charge < -0.3 is 19.4 Å². The molecule has 4 aromatic heterocycles. The molecule has 39 heavy (non-hydrogen) atoms. The zero-order valence-corrected chi connectivity index (χ0v) is 22.0. The van der Waals surface area contributed by atoms with Crippen LogP contribution in [0.4, 0.5) is 17.3 Å². The Bertz CT molecular complexity index is 1730. The summed E-state index contributed by atoms with van der Waals surface area (Å²) in [5.74, 6) is 2.61. The summed E-state index contributed by atoms with van der Waals surface area (Å²) in [5.41, 5.74) is 4.71. The Kier molecular flexibility index (Phi) is 6.37. The average molecular weight is 521 g/mol. The first-order chi connectivity index (χ1) is 18.9. The van der Waals surface area contributed by atoms with Crippen LogP contribution in [0.3, 0.4) is 0 Å². The lowest BCUT2D eigenvalue weighted by molar-refractivity contribution is -0.114. The predicted molar refractivity (Wildman–Crippen MR) is 151 cm³/mol. The number of nitrogens with zero attached hydrogens (tertiary/aromatic N) is 7. The molecule has 10 heteroatoms. The monoisotopic (exact) mass is 520 g/mol. The largest absolute Gasteiger partial charge is 0.457 e. The van der Waals surface area contributed by atoms with Crippen molar-refractivity contribution in [1.29, 1.82) is 0 Å². The van der Waals surface area contributed by atoms with Crippen LogP contribution < -0.4 is 15.0 Å². The molecule has 0 radical (unpaired) electrons. The standard InChI is InChI=1S/C29H28N8O2/c1-19-16-21(4-6-24(19)39-22-10-13-36-15-11-30-26(36)17-22)33-28-27-23(31-18-32-28)5-7-25(34-27)37-14-9-20(29(37)38)8-12-35(2)3/h4-8,10-11,13,15-18H,9,12,14H2,1-3H3,(H,31,32,33)/b20-8+. The molecular formula is C29H28N8O2. The van der Waals surface area contributed by atoms with Gasteiger partial charge in [0.2, 0.25) is 0 Å². The van der Waals surface area contributed by atoms with E-state index in [-0.39, 0.29) is 5.91 Å². The molecule has 5 aromatic rings. The van der Waals surface area contributed by atoms with Crippen LogP contribution in [0, 0.1) is 6.92 Å². The third kappa shape index (κ3) is 5.01. The Hall–Kier alpha value is -4.83. The third-order valence-corrected chi connectivity index (χ3v) is 6.61.